The van der Waals surface area contributed by atoms with E-state index in [4.69, 9.17) is 5.11 Å². The van der Waals surface area contributed by atoms with Crippen LogP contribution in [0.3, 0.4) is 0 Å². The molecule has 1 rings (SSSR count). The molecule has 1 saturated carbocycles. The van der Waals surface area contributed by atoms with Crippen molar-refractivity contribution in [3.05, 3.63) is 0 Å². The Labute approximate surface area is 85.1 Å². The molecular formula is C8H18N2O3S. The molecule has 3 N–H and O–H groups in total. The van der Waals surface area contributed by atoms with Gasteiger partial charge in [-0.25, -0.2) is 4.72 Å². The molecule has 1 aliphatic rings. The molecule has 5 nitrogen and oxygen atoms in total. The third kappa shape index (κ3) is 4.36. The molecule has 0 spiro atoms. The molecule has 0 heterocycles. The molecule has 0 aromatic rings. The van der Waals surface area contributed by atoms with Gasteiger partial charge in [0.1, 0.15) is 0 Å². The average molecular weight is 222 g/mol. The molecule has 1 aliphatic carbocycles. The first-order valence-corrected chi connectivity index (χ1v) is 6.21. The summed E-state index contributed by atoms with van der Waals surface area (Å²) in [5, 5.41) is 8.93. The molecule has 0 aromatic carbocycles. The Balaban J connectivity index is 2.35. The lowest BCUT2D eigenvalue weighted by Crippen LogP contribution is -2.43. The summed E-state index contributed by atoms with van der Waals surface area (Å²) in [4.78, 5) is 0. The number of hydrogen-bond acceptors (Lipinski definition) is 3. The van der Waals surface area contributed by atoms with Crippen molar-refractivity contribution in [1.29, 1.82) is 0 Å². The van der Waals surface area contributed by atoms with Gasteiger partial charge in [-0.05, 0) is 12.8 Å². The van der Waals surface area contributed by atoms with Gasteiger partial charge in [-0.3, -0.25) is 0 Å². The quantitative estimate of drug-likeness (QED) is 0.572. The van der Waals surface area contributed by atoms with E-state index in [9.17, 15) is 8.42 Å². The Kier molecular flexibility index (Phi) is 3.52. The van der Waals surface area contributed by atoms with Gasteiger partial charge in [0.05, 0.1) is 0 Å². The Hall–Kier alpha value is -0.170. The second kappa shape index (κ2) is 4.14. The zero-order chi connectivity index (χ0) is 10.8. The van der Waals surface area contributed by atoms with Crippen LogP contribution >= 0.6 is 0 Å². The van der Waals surface area contributed by atoms with Gasteiger partial charge in [-0.15, -0.1) is 0 Å². The van der Waals surface area contributed by atoms with Crippen molar-refractivity contribution in [3.63, 3.8) is 0 Å². The van der Waals surface area contributed by atoms with E-state index >= 15 is 0 Å². The molecule has 0 atom stereocenters. The fourth-order valence-electron chi connectivity index (χ4n) is 0.809. The van der Waals surface area contributed by atoms with Crippen LogP contribution in [0.5, 0.6) is 0 Å². The summed E-state index contributed by atoms with van der Waals surface area (Å²) in [7, 11) is -3.37. The molecule has 0 radical (unpaired) electrons. The van der Waals surface area contributed by atoms with E-state index in [0.717, 1.165) is 12.8 Å². The minimum absolute atomic E-state index is 0.0427. The highest BCUT2D eigenvalue weighted by Crippen LogP contribution is 2.19. The number of nitrogens with one attached hydrogen (secondary N) is 2. The van der Waals surface area contributed by atoms with Gasteiger partial charge in [0.25, 0.3) is 10.2 Å². The van der Waals surface area contributed by atoms with E-state index in [-0.39, 0.29) is 19.2 Å². The van der Waals surface area contributed by atoms with Crippen molar-refractivity contribution < 1.29 is 13.5 Å². The maximum atomic E-state index is 11.3. The van der Waals surface area contributed by atoms with E-state index in [1.807, 2.05) is 0 Å². The summed E-state index contributed by atoms with van der Waals surface area (Å²) in [5.74, 6) is 0. The number of rotatable bonds is 6. The summed E-state index contributed by atoms with van der Waals surface area (Å²) in [6, 6.07) is 0.115. The van der Waals surface area contributed by atoms with Crippen LogP contribution in [0.25, 0.3) is 0 Å². The maximum Gasteiger partial charge on any atom is 0.277 e. The highest BCUT2D eigenvalue weighted by Gasteiger charge is 2.28. The average Bonchev–Trinajstić information content (AvgIpc) is 2.85. The largest absolute Gasteiger partial charge is 0.396 e. The van der Waals surface area contributed by atoms with Crippen molar-refractivity contribution in [2.24, 2.45) is 5.41 Å². The van der Waals surface area contributed by atoms with Crippen LogP contribution in [0.1, 0.15) is 26.7 Å². The smallest absolute Gasteiger partial charge is 0.277 e. The first kappa shape index (κ1) is 11.9. The molecule has 0 unspecified atom stereocenters. The van der Waals surface area contributed by atoms with Gasteiger partial charge in [-0.1, -0.05) is 13.8 Å². The third-order valence-corrected chi connectivity index (χ3v) is 3.24. The highest BCUT2D eigenvalue weighted by molar-refractivity contribution is 7.87. The minimum Gasteiger partial charge on any atom is -0.396 e. The van der Waals surface area contributed by atoms with Crippen LogP contribution in [0.4, 0.5) is 0 Å². The second-order valence-electron chi connectivity index (χ2n) is 4.54. The molecule has 0 aliphatic heterocycles. The molecule has 1 fully saturated rings. The van der Waals surface area contributed by atoms with E-state index in [2.05, 4.69) is 9.44 Å². The van der Waals surface area contributed by atoms with E-state index in [1.54, 1.807) is 13.8 Å². The van der Waals surface area contributed by atoms with Crippen LogP contribution < -0.4 is 9.44 Å². The van der Waals surface area contributed by atoms with Crippen molar-refractivity contribution >= 4 is 10.2 Å². The van der Waals surface area contributed by atoms with E-state index in [0.29, 0.717) is 0 Å². The first-order chi connectivity index (χ1) is 6.35. The molecule has 14 heavy (non-hydrogen) atoms. The van der Waals surface area contributed by atoms with Crippen LogP contribution in [-0.2, 0) is 10.2 Å². The van der Waals surface area contributed by atoms with E-state index in [1.165, 1.54) is 0 Å². The maximum absolute atomic E-state index is 11.3. The van der Waals surface area contributed by atoms with Crippen molar-refractivity contribution in [3.8, 4) is 0 Å². The molecule has 0 aromatic heterocycles. The van der Waals surface area contributed by atoms with Crippen molar-refractivity contribution in [1.82, 2.24) is 9.44 Å². The monoisotopic (exact) mass is 222 g/mol. The lowest BCUT2D eigenvalue weighted by molar-refractivity contribution is 0.163. The number of aliphatic hydroxyl groups excluding tert-OH is 1. The Morgan fingerprint density at radius 3 is 2.43 bits per heavy atom. The Morgan fingerprint density at radius 2 is 2.00 bits per heavy atom. The van der Waals surface area contributed by atoms with Crippen LogP contribution in [0, 0.1) is 5.41 Å². The zero-order valence-corrected chi connectivity index (χ0v) is 9.39. The first-order valence-electron chi connectivity index (χ1n) is 4.72. The van der Waals surface area contributed by atoms with Crippen molar-refractivity contribution in [2.75, 3.05) is 13.2 Å². The predicted octanol–water partition coefficient (Wildman–Crippen LogP) is -0.409. The number of aliphatic hydroxyl groups is 1. The van der Waals surface area contributed by atoms with Gasteiger partial charge >= 0.3 is 0 Å². The van der Waals surface area contributed by atoms with Gasteiger partial charge in [-0.2, -0.15) is 13.1 Å². The fourth-order valence-corrected chi connectivity index (χ4v) is 2.15. The third-order valence-electron chi connectivity index (χ3n) is 2.07. The topological polar surface area (TPSA) is 78.4 Å². The second-order valence-corrected chi connectivity index (χ2v) is 6.07. The standard InChI is InChI=1S/C8H18N2O3S/c1-8(2,6-11)5-9-14(12,13)10-7-3-4-7/h7,9-11H,3-6H2,1-2H3. The minimum atomic E-state index is -3.37. The highest BCUT2D eigenvalue weighted by atomic mass is 32.2. The summed E-state index contributed by atoms with van der Waals surface area (Å²) in [6.07, 6.45) is 1.84. The molecule has 84 valence electrons. The lowest BCUT2D eigenvalue weighted by Gasteiger charge is -2.21. The Morgan fingerprint density at radius 1 is 1.43 bits per heavy atom. The number of hydrogen-bond donors (Lipinski definition) is 3. The van der Waals surface area contributed by atoms with Gasteiger partial charge < -0.3 is 5.11 Å². The zero-order valence-electron chi connectivity index (χ0n) is 8.58. The summed E-state index contributed by atoms with van der Waals surface area (Å²) in [5.41, 5.74) is -0.418. The predicted molar refractivity (Wildman–Crippen MR) is 53.9 cm³/mol. The Bertz CT molecular complexity index is 283. The SMILES string of the molecule is CC(C)(CO)CNS(=O)(=O)NC1CC1. The molecule has 0 amide bonds. The van der Waals surface area contributed by atoms with Crippen molar-refractivity contribution in [2.45, 2.75) is 32.7 Å². The van der Waals surface area contributed by atoms with Gasteiger partial charge in [0, 0.05) is 24.6 Å². The van der Waals surface area contributed by atoms with Crippen LogP contribution in [-0.4, -0.2) is 32.7 Å². The summed E-state index contributed by atoms with van der Waals surface area (Å²) in [6.45, 7) is 3.80. The van der Waals surface area contributed by atoms with E-state index < -0.39 is 15.6 Å². The summed E-state index contributed by atoms with van der Waals surface area (Å²) >= 11 is 0. The normalized spacial score (nSPS) is 18.5. The molecule has 0 saturated heterocycles. The molecule has 0 bridgehead atoms. The van der Waals surface area contributed by atoms with Gasteiger partial charge in [0.2, 0.25) is 0 Å². The van der Waals surface area contributed by atoms with Crippen LogP contribution in [0.2, 0.25) is 0 Å². The summed E-state index contributed by atoms with van der Waals surface area (Å²) < 4.78 is 27.6. The fraction of sp³-hybridized carbons (Fsp3) is 1.00. The van der Waals surface area contributed by atoms with Gasteiger partial charge in [0.15, 0.2) is 0 Å². The van der Waals surface area contributed by atoms with Crippen LogP contribution in [0.15, 0.2) is 0 Å². The lowest BCUT2D eigenvalue weighted by atomic mass is 9.96. The molecular weight excluding hydrogens is 204 g/mol. The molecule has 6 heteroatoms.